The van der Waals surface area contributed by atoms with Crippen molar-refractivity contribution in [3.8, 4) is 17.2 Å². The summed E-state index contributed by atoms with van der Waals surface area (Å²) in [6, 6.07) is 3.30. The van der Waals surface area contributed by atoms with Crippen molar-refractivity contribution in [2.75, 3.05) is 27.6 Å². The summed E-state index contributed by atoms with van der Waals surface area (Å²) in [4.78, 5) is 0. The topological polar surface area (TPSA) is 70.8 Å². The fourth-order valence-electron chi connectivity index (χ4n) is 1.95. The number of aromatic nitrogens is 3. The number of halogens is 2. The van der Waals surface area contributed by atoms with Crippen LogP contribution in [-0.2, 0) is 0 Å². The molecule has 10 heteroatoms. The molecule has 0 spiro atoms. The van der Waals surface area contributed by atoms with Crippen LogP contribution in [0.3, 0.4) is 0 Å². The molecule has 1 heterocycles. The van der Waals surface area contributed by atoms with Gasteiger partial charge < -0.3 is 14.2 Å². The molecule has 0 amide bonds. The van der Waals surface area contributed by atoms with Crippen molar-refractivity contribution in [3.63, 3.8) is 0 Å². The van der Waals surface area contributed by atoms with Gasteiger partial charge >= 0.3 is 0 Å². The SMILES string of the molecule is COc1cc(/C=N\n2c(SC)nnc2C(F)F)cc(OC)c1OC. The van der Waals surface area contributed by atoms with E-state index in [1.807, 2.05) is 0 Å². The van der Waals surface area contributed by atoms with Gasteiger partial charge in [0.15, 0.2) is 11.5 Å². The monoisotopic (exact) mass is 358 g/mol. The number of ether oxygens (including phenoxy) is 3. The van der Waals surface area contributed by atoms with Crippen molar-refractivity contribution in [3.05, 3.63) is 23.5 Å². The van der Waals surface area contributed by atoms with Crippen molar-refractivity contribution >= 4 is 18.0 Å². The first kappa shape index (κ1) is 18.0. The molecular weight excluding hydrogens is 342 g/mol. The maximum absolute atomic E-state index is 13.0. The molecule has 0 unspecified atom stereocenters. The van der Waals surface area contributed by atoms with Crippen molar-refractivity contribution in [2.24, 2.45) is 5.10 Å². The molecule has 0 atom stereocenters. The van der Waals surface area contributed by atoms with E-state index in [2.05, 4.69) is 15.3 Å². The molecule has 130 valence electrons. The molecule has 0 bridgehead atoms. The molecule has 0 saturated carbocycles. The van der Waals surface area contributed by atoms with Crippen molar-refractivity contribution in [1.29, 1.82) is 0 Å². The minimum atomic E-state index is -2.78. The van der Waals surface area contributed by atoms with Gasteiger partial charge in [-0.25, -0.2) is 8.78 Å². The van der Waals surface area contributed by atoms with Gasteiger partial charge in [-0.05, 0) is 18.4 Å². The van der Waals surface area contributed by atoms with E-state index in [0.717, 1.165) is 16.4 Å². The predicted octanol–water partition coefficient (Wildman–Crippen LogP) is 2.85. The fourth-order valence-corrected chi connectivity index (χ4v) is 2.39. The first-order valence-electron chi connectivity index (χ1n) is 6.67. The van der Waals surface area contributed by atoms with Gasteiger partial charge in [-0.2, -0.15) is 9.78 Å². The Kier molecular flexibility index (Phi) is 5.96. The molecular formula is C14H16F2N4O3S. The third-order valence-corrected chi connectivity index (χ3v) is 3.64. The van der Waals surface area contributed by atoms with Crippen LogP contribution >= 0.6 is 11.8 Å². The van der Waals surface area contributed by atoms with Crippen molar-refractivity contribution < 1.29 is 23.0 Å². The summed E-state index contributed by atoms with van der Waals surface area (Å²) in [6.07, 6.45) is 0.306. The average Bonchev–Trinajstić information content (AvgIpc) is 3.01. The molecule has 0 aliphatic rings. The number of methoxy groups -OCH3 is 3. The lowest BCUT2D eigenvalue weighted by atomic mass is 10.2. The zero-order valence-electron chi connectivity index (χ0n) is 13.5. The van der Waals surface area contributed by atoms with Crippen LogP contribution in [-0.4, -0.2) is 48.7 Å². The summed E-state index contributed by atoms with van der Waals surface area (Å²) in [7, 11) is 4.46. The first-order valence-corrected chi connectivity index (χ1v) is 7.90. The Morgan fingerprint density at radius 1 is 1.12 bits per heavy atom. The van der Waals surface area contributed by atoms with Crippen LogP contribution in [0.2, 0.25) is 0 Å². The number of hydrogen-bond acceptors (Lipinski definition) is 7. The normalized spacial score (nSPS) is 11.3. The van der Waals surface area contributed by atoms with E-state index in [1.54, 1.807) is 18.4 Å². The molecule has 0 N–H and O–H groups in total. The van der Waals surface area contributed by atoms with E-state index in [0.29, 0.717) is 22.8 Å². The van der Waals surface area contributed by atoms with Gasteiger partial charge in [0.25, 0.3) is 6.43 Å². The smallest absolute Gasteiger partial charge is 0.299 e. The average molecular weight is 358 g/mol. The molecule has 2 aromatic rings. The molecule has 0 radical (unpaired) electrons. The second-order valence-electron chi connectivity index (χ2n) is 4.36. The van der Waals surface area contributed by atoms with E-state index in [9.17, 15) is 8.78 Å². The van der Waals surface area contributed by atoms with Crippen LogP contribution in [0.25, 0.3) is 0 Å². The summed E-state index contributed by atoms with van der Waals surface area (Å²) in [5.41, 5.74) is 0.575. The Balaban J connectivity index is 2.44. The molecule has 7 nitrogen and oxygen atoms in total. The zero-order chi connectivity index (χ0) is 17.7. The Bertz CT molecular complexity index is 712. The number of thioether (sulfide) groups is 1. The van der Waals surface area contributed by atoms with Crippen LogP contribution in [0.5, 0.6) is 17.2 Å². The Hall–Kier alpha value is -2.36. The number of nitrogens with zero attached hydrogens (tertiary/aromatic N) is 4. The standard InChI is InChI=1S/C14H16F2N4O3S/c1-21-9-5-8(6-10(22-2)11(9)23-3)7-17-20-13(12(15)16)18-19-14(20)24-4/h5-7,12H,1-4H3/b17-7-. The van der Waals surface area contributed by atoms with Crippen LogP contribution in [0, 0.1) is 0 Å². The molecule has 0 saturated heterocycles. The van der Waals surface area contributed by atoms with Crippen LogP contribution in [0.15, 0.2) is 22.4 Å². The van der Waals surface area contributed by atoms with Gasteiger partial charge in [0.2, 0.25) is 16.7 Å². The quantitative estimate of drug-likeness (QED) is 0.560. The van der Waals surface area contributed by atoms with Crippen LogP contribution < -0.4 is 14.2 Å². The second-order valence-corrected chi connectivity index (χ2v) is 5.13. The summed E-state index contributed by atoms with van der Waals surface area (Å²) in [5.74, 6) is 0.769. The van der Waals surface area contributed by atoms with Gasteiger partial charge in [0.05, 0.1) is 27.5 Å². The number of alkyl halides is 2. The lowest BCUT2D eigenvalue weighted by Crippen LogP contribution is -2.01. The van der Waals surface area contributed by atoms with E-state index < -0.39 is 12.2 Å². The molecule has 0 aliphatic carbocycles. The minimum absolute atomic E-state index is 0.258. The summed E-state index contributed by atoms with van der Waals surface area (Å²) in [5, 5.41) is 11.4. The molecule has 1 aromatic heterocycles. The molecule has 0 fully saturated rings. The summed E-state index contributed by atoms with van der Waals surface area (Å²) in [6.45, 7) is 0. The third-order valence-electron chi connectivity index (χ3n) is 3.02. The molecule has 24 heavy (non-hydrogen) atoms. The maximum atomic E-state index is 13.0. The number of rotatable bonds is 7. The Labute approximate surface area is 141 Å². The highest BCUT2D eigenvalue weighted by atomic mass is 32.2. The first-order chi connectivity index (χ1) is 11.5. The van der Waals surface area contributed by atoms with E-state index in [4.69, 9.17) is 14.2 Å². The van der Waals surface area contributed by atoms with E-state index >= 15 is 0 Å². The highest BCUT2D eigenvalue weighted by Crippen LogP contribution is 2.37. The predicted molar refractivity (Wildman–Crippen MR) is 85.9 cm³/mol. The van der Waals surface area contributed by atoms with Gasteiger partial charge in [-0.15, -0.1) is 10.2 Å². The molecule has 0 aliphatic heterocycles. The highest BCUT2D eigenvalue weighted by Gasteiger charge is 2.19. The largest absolute Gasteiger partial charge is 0.493 e. The highest BCUT2D eigenvalue weighted by molar-refractivity contribution is 7.98. The lowest BCUT2D eigenvalue weighted by Gasteiger charge is -2.12. The van der Waals surface area contributed by atoms with Gasteiger partial charge in [0, 0.05) is 5.56 Å². The Morgan fingerprint density at radius 3 is 2.21 bits per heavy atom. The zero-order valence-corrected chi connectivity index (χ0v) is 14.3. The summed E-state index contributed by atoms with van der Waals surface area (Å²) >= 11 is 1.16. The van der Waals surface area contributed by atoms with Gasteiger partial charge in [0.1, 0.15) is 0 Å². The third kappa shape index (κ3) is 3.58. The maximum Gasteiger partial charge on any atom is 0.299 e. The van der Waals surface area contributed by atoms with Crippen molar-refractivity contribution in [2.45, 2.75) is 11.6 Å². The number of benzene rings is 1. The minimum Gasteiger partial charge on any atom is -0.493 e. The lowest BCUT2D eigenvalue weighted by molar-refractivity contribution is 0.135. The van der Waals surface area contributed by atoms with E-state index in [-0.39, 0.29) is 5.16 Å². The molecule has 1 aromatic carbocycles. The van der Waals surface area contributed by atoms with E-state index in [1.165, 1.54) is 27.5 Å². The van der Waals surface area contributed by atoms with Crippen LogP contribution in [0.1, 0.15) is 17.8 Å². The fraction of sp³-hybridized carbons (Fsp3) is 0.357. The second kappa shape index (κ2) is 7.95. The van der Waals surface area contributed by atoms with Crippen molar-refractivity contribution in [1.82, 2.24) is 14.9 Å². The van der Waals surface area contributed by atoms with Gasteiger partial charge in [-0.1, -0.05) is 11.8 Å². The molecule has 2 rings (SSSR count). The van der Waals surface area contributed by atoms with Gasteiger partial charge in [-0.3, -0.25) is 0 Å². The Morgan fingerprint density at radius 2 is 1.75 bits per heavy atom. The van der Waals surface area contributed by atoms with Crippen LogP contribution in [0.4, 0.5) is 8.78 Å². The number of hydrogen-bond donors (Lipinski definition) is 0. The summed E-state index contributed by atoms with van der Waals surface area (Å²) < 4.78 is 42.7.